The maximum Gasteiger partial charge on any atom is 0.326 e. The van der Waals surface area contributed by atoms with Crippen LogP contribution < -0.4 is 10.0 Å². The number of benzene rings is 4. The summed E-state index contributed by atoms with van der Waals surface area (Å²) < 4.78 is 30.7. The lowest BCUT2D eigenvalue weighted by molar-refractivity contribution is -0.139. The monoisotopic (exact) mass is 696 g/mol. The summed E-state index contributed by atoms with van der Waals surface area (Å²) in [6, 6.07) is 20.8. The molecule has 0 spiro atoms. The largest absolute Gasteiger partial charge is 0.480 e. The molecule has 9 heteroatoms. The third kappa shape index (κ3) is 6.68. The summed E-state index contributed by atoms with van der Waals surface area (Å²) in [5.74, 6) is -1.88. The van der Waals surface area contributed by atoms with E-state index in [1.54, 1.807) is 19.9 Å². The fourth-order valence-electron chi connectivity index (χ4n) is 4.99. The van der Waals surface area contributed by atoms with Gasteiger partial charge in [-0.25, -0.2) is 13.2 Å². The van der Waals surface area contributed by atoms with Gasteiger partial charge in [-0.15, -0.1) is 0 Å². The summed E-state index contributed by atoms with van der Waals surface area (Å²) in [4.78, 5) is 25.8. The molecular weight excluding hydrogens is 663 g/mol. The number of hydrogen-bond acceptors (Lipinski definition) is 4. The van der Waals surface area contributed by atoms with E-state index < -0.39 is 27.9 Å². The van der Waals surface area contributed by atoms with Crippen molar-refractivity contribution in [3.63, 3.8) is 0 Å². The van der Waals surface area contributed by atoms with Gasteiger partial charge >= 0.3 is 5.97 Å². The van der Waals surface area contributed by atoms with Crippen molar-refractivity contribution in [3.05, 3.63) is 115 Å². The first-order chi connectivity index (χ1) is 19.8. The molecule has 0 saturated heterocycles. The molecule has 0 unspecified atom stereocenters. The van der Waals surface area contributed by atoms with E-state index >= 15 is 0 Å². The molecule has 4 rings (SSSR count). The molecule has 0 heterocycles. The van der Waals surface area contributed by atoms with Crippen molar-refractivity contribution in [2.75, 3.05) is 4.72 Å². The van der Waals surface area contributed by atoms with Crippen molar-refractivity contribution in [1.82, 2.24) is 5.32 Å². The number of carbonyl (C=O) groups is 2. The summed E-state index contributed by atoms with van der Waals surface area (Å²) in [6.45, 7) is 9.29. The van der Waals surface area contributed by atoms with Gasteiger partial charge in [0.15, 0.2) is 0 Å². The number of amides is 1. The van der Waals surface area contributed by atoms with Gasteiger partial charge in [-0.1, -0.05) is 54.6 Å². The quantitative estimate of drug-likeness (QED) is 0.168. The standard InChI is InChI=1S/C33H33IN2O5S/c1-19-20(2)22(4)31(23(5)21(19)3)42(40,41)36-29-16-15-27(34)18-28(29)32(37)35-30(33(38)39)17-24-11-13-26(14-12-24)25-9-7-6-8-10-25/h6-16,18,30,36H,17H2,1-5H3,(H,35,37)(H,38,39)/t30-/m0/s1. The Morgan fingerprint density at radius 1 is 0.786 bits per heavy atom. The van der Waals surface area contributed by atoms with Gasteiger partial charge in [0, 0.05) is 9.99 Å². The van der Waals surface area contributed by atoms with Crippen LogP contribution >= 0.6 is 22.6 Å². The Hall–Kier alpha value is -3.70. The highest BCUT2D eigenvalue weighted by atomic mass is 127. The molecule has 0 bridgehead atoms. The second-order valence-corrected chi connectivity index (χ2v) is 13.2. The van der Waals surface area contributed by atoms with Gasteiger partial charge in [0.2, 0.25) is 0 Å². The third-order valence-electron chi connectivity index (χ3n) is 7.77. The van der Waals surface area contributed by atoms with Gasteiger partial charge in [0.25, 0.3) is 15.9 Å². The average Bonchev–Trinajstić information content (AvgIpc) is 2.96. The minimum Gasteiger partial charge on any atom is -0.480 e. The molecule has 1 amide bonds. The normalized spacial score (nSPS) is 12.0. The van der Waals surface area contributed by atoms with E-state index in [-0.39, 0.29) is 22.6 Å². The zero-order chi connectivity index (χ0) is 30.8. The van der Waals surface area contributed by atoms with Crippen LogP contribution in [0.1, 0.15) is 43.7 Å². The van der Waals surface area contributed by atoms with Crippen molar-refractivity contribution < 1.29 is 23.1 Å². The van der Waals surface area contributed by atoms with Crippen molar-refractivity contribution in [1.29, 1.82) is 0 Å². The van der Waals surface area contributed by atoms with E-state index in [9.17, 15) is 23.1 Å². The number of sulfonamides is 1. The van der Waals surface area contributed by atoms with Crippen LogP contribution in [-0.2, 0) is 21.2 Å². The van der Waals surface area contributed by atoms with E-state index in [0.717, 1.165) is 33.4 Å². The number of carbonyl (C=O) groups excluding carboxylic acids is 1. The smallest absolute Gasteiger partial charge is 0.326 e. The number of hydrogen-bond donors (Lipinski definition) is 3. The van der Waals surface area contributed by atoms with Gasteiger partial charge in [0.05, 0.1) is 16.1 Å². The summed E-state index contributed by atoms with van der Waals surface area (Å²) in [5.41, 5.74) is 6.98. The van der Waals surface area contributed by atoms with Crippen molar-refractivity contribution in [2.45, 2.75) is 52.0 Å². The van der Waals surface area contributed by atoms with Crippen LogP contribution in [0.15, 0.2) is 77.7 Å². The highest BCUT2D eigenvalue weighted by Gasteiger charge is 2.27. The fourth-order valence-corrected chi connectivity index (χ4v) is 7.17. The molecular formula is C33H33IN2O5S. The summed E-state index contributed by atoms with van der Waals surface area (Å²) in [6.07, 6.45) is 0.0570. The zero-order valence-corrected chi connectivity index (χ0v) is 27.1. The minimum atomic E-state index is -4.07. The van der Waals surface area contributed by atoms with Crippen LogP contribution in [0.3, 0.4) is 0 Å². The van der Waals surface area contributed by atoms with Crippen LogP contribution in [0.2, 0.25) is 0 Å². The molecule has 3 N–H and O–H groups in total. The Morgan fingerprint density at radius 3 is 1.90 bits per heavy atom. The number of carboxylic acid groups (broad SMARTS) is 1. The van der Waals surface area contributed by atoms with Gasteiger partial charge in [-0.3, -0.25) is 9.52 Å². The molecule has 218 valence electrons. The lowest BCUT2D eigenvalue weighted by Gasteiger charge is -2.21. The van der Waals surface area contributed by atoms with E-state index in [1.807, 2.05) is 98.0 Å². The molecule has 0 saturated carbocycles. The minimum absolute atomic E-state index is 0.0343. The first-order valence-corrected chi connectivity index (χ1v) is 15.9. The first kappa shape index (κ1) is 31.2. The van der Waals surface area contributed by atoms with Gasteiger partial charge in [0.1, 0.15) is 6.04 Å². The van der Waals surface area contributed by atoms with E-state index in [0.29, 0.717) is 14.7 Å². The van der Waals surface area contributed by atoms with E-state index in [2.05, 4.69) is 10.0 Å². The Balaban J connectivity index is 1.60. The molecule has 42 heavy (non-hydrogen) atoms. The lowest BCUT2D eigenvalue weighted by Crippen LogP contribution is -2.42. The molecule has 0 aliphatic carbocycles. The van der Waals surface area contributed by atoms with Crippen LogP contribution in [0.4, 0.5) is 5.69 Å². The second-order valence-electron chi connectivity index (χ2n) is 10.4. The number of halogens is 1. The van der Waals surface area contributed by atoms with Crippen molar-refractivity contribution >= 4 is 50.2 Å². The highest BCUT2D eigenvalue weighted by Crippen LogP contribution is 2.32. The number of anilines is 1. The second kappa shape index (κ2) is 12.7. The molecule has 1 atom stereocenters. The number of aliphatic carboxylic acids is 1. The Labute approximate surface area is 260 Å². The number of carboxylic acids is 1. The number of rotatable bonds is 9. The lowest BCUT2D eigenvalue weighted by atomic mass is 9.95. The molecule has 0 aromatic heterocycles. The SMILES string of the molecule is Cc1c(C)c(C)c(S(=O)(=O)Nc2ccc(I)cc2C(=O)N[C@@H](Cc2ccc(-c3ccccc3)cc2)C(=O)O)c(C)c1C. The van der Waals surface area contributed by atoms with Crippen LogP contribution in [0, 0.1) is 38.2 Å². The number of nitrogens with one attached hydrogen (secondary N) is 2. The molecule has 0 radical (unpaired) electrons. The van der Waals surface area contributed by atoms with Crippen LogP contribution in [0.25, 0.3) is 11.1 Å². The predicted octanol–water partition coefficient (Wildman–Crippen LogP) is 6.73. The van der Waals surface area contributed by atoms with Crippen LogP contribution in [0.5, 0.6) is 0 Å². The Kier molecular flexibility index (Phi) is 9.42. The molecule has 0 fully saturated rings. The maximum absolute atomic E-state index is 13.7. The topological polar surface area (TPSA) is 113 Å². The highest BCUT2D eigenvalue weighted by molar-refractivity contribution is 14.1. The summed E-state index contributed by atoms with van der Waals surface area (Å²) in [7, 11) is -4.07. The van der Waals surface area contributed by atoms with E-state index in [4.69, 9.17) is 0 Å². The van der Waals surface area contributed by atoms with Crippen molar-refractivity contribution in [3.8, 4) is 11.1 Å². The molecule has 4 aromatic carbocycles. The molecule has 7 nitrogen and oxygen atoms in total. The fraction of sp³-hybridized carbons (Fsp3) is 0.212. The molecule has 0 aliphatic heterocycles. The Morgan fingerprint density at radius 2 is 1.33 bits per heavy atom. The predicted molar refractivity (Wildman–Crippen MR) is 175 cm³/mol. The zero-order valence-electron chi connectivity index (χ0n) is 24.1. The molecule has 4 aromatic rings. The van der Waals surface area contributed by atoms with Crippen molar-refractivity contribution in [2.24, 2.45) is 0 Å². The molecule has 0 aliphatic rings. The Bertz CT molecular complexity index is 1740. The van der Waals surface area contributed by atoms with Gasteiger partial charge in [-0.05, 0) is 120 Å². The van der Waals surface area contributed by atoms with Gasteiger partial charge in [-0.2, -0.15) is 0 Å². The summed E-state index contributed by atoms with van der Waals surface area (Å²) in [5, 5.41) is 12.5. The maximum atomic E-state index is 13.7. The third-order valence-corrected chi connectivity index (χ3v) is 10.1. The van der Waals surface area contributed by atoms with E-state index in [1.165, 1.54) is 12.1 Å². The average molecular weight is 697 g/mol. The summed E-state index contributed by atoms with van der Waals surface area (Å²) >= 11 is 2.03. The van der Waals surface area contributed by atoms with Crippen LogP contribution in [-0.4, -0.2) is 31.4 Å². The first-order valence-electron chi connectivity index (χ1n) is 13.4. The van der Waals surface area contributed by atoms with Gasteiger partial charge < -0.3 is 10.4 Å².